The van der Waals surface area contributed by atoms with Gasteiger partial charge < -0.3 is 0 Å². The van der Waals surface area contributed by atoms with Crippen molar-refractivity contribution in [3.63, 3.8) is 0 Å². The molecule has 2 aromatic rings. The fourth-order valence-electron chi connectivity index (χ4n) is 1.96. The van der Waals surface area contributed by atoms with E-state index in [0.29, 0.717) is 4.47 Å². The summed E-state index contributed by atoms with van der Waals surface area (Å²) in [5, 5.41) is 0. The van der Waals surface area contributed by atoms with Crippen LogP contribution in [0.5, 0.6) is 0 Å². The van der Waals surface area contributed by atoms with Gasteiger partial charge in [-0.1, -0.05) is 40.2 Å². The van der Waals surface area contributed by atoms with E-state index in [1.807, 2.05) is 31.2 Å². The first kappa shape index (κ1) is 16.1. The maximum atomic E-state index is 13.9. The van der Waals surface area contributed by atoms with E-state index in [0.717, 1.165) is 21.5 Å². The molecule has 3 nitrogen and oxygen atoms in total. The van der Waals surface area contributed by atoms with Crippen LogP contribution in [0.3, 0.4) is 0 Å². The largest absolute Gasteiger partial charge is 0.246 e. The van der Waals surface area contributed by atoms with E-state index in [2.05, 4.69) is 15.9 Å². The molecule has 0 aliphatic rings. The first-order chi connectivity index (χ1) is 9.82. The maximum absolute atomic E-state index is 13.9. The molecule has 0 amide bonds. The van der Waals surface area contributed by atoms with Crippen LogP contribution < -0.4 is 0 Å². The summed E-state index contributed by atoms with van der Waals surface area (Å²) in [6.07, 6.45) is 0. The minimum Gasteiger partial charge on any atom is -0.207 e. The molecule has 0 atom stereocenters. The van der Waals surface area contributed by atoms with E-state index < -0.39 is 15.8 Å². The van der Waals surface area contributed by atoms with Crippen LogP contribution in [0.1, 0.15) is 11.1 Å². The number of benzene rings is 2. The van der Waals surface area contributed by atoms with Gasteiger partial charge in [-0.3, -0.25) is 0 Å². The Balaban J connectivity index is 2.33. The molecule has 0 aliphatic heterocycles. The van der Waals surface area contributed by atoms with Crippen molar-refractivity contribution in [1.82, 2.24) is 4.31 Å². The molecule has 0 bridgehead atoms. The maximum Gasteiger partial charge on any atom is 0.246 e. The quantitative estimate of drug-likeness (QED) is 0.821. The van der Waals surface area contributed by atoms with Gasteiger partial charge in [-0.2, -0.15) is 4.31 Å². The molecule has 0 aliphatic carbocycles. The lowest BCUT2D eigenvalue weighted by atomic mass is 10.1. The van der Waals surface area contributed by atoms with E-state index in [-0.39, 0.29) is 11.4 Å². The first-order valence-electron chi connectivity index (χ1n) is 6.28. The molecular formula is C15H15BrFNO2S. The third-order valence-corrected chi connectivity index (χ3v) is 5.57. The molecule has 0 saturated carbocycles. The van der Waals surface area contributed by atoms with Crippen LogP contribution in [0.15, 0.2) is 51.8 Å². The number of sulfonamides is 1. The monoisotopic (exact) mass is 371 g/mol. The van der Waals surface area contributed by atoms with E-state index >= 15 is 0 Å². The Bertz CT molecular complexity index is 762. The van der Waals surface area contributed by atoms with Crippen molar-refractivity contribution in [1.29, 1.82) is 0 Å². The van der Waals surface area contributed by atoms with E-state index in [9.17, 15) is 12.8 Å². The zero-order valence-corrected chi connectivity index (χ0v) is 14.1. The summed E-state index contributed by atoms with van der Waals surface area (Å²) in [7, 11) is -2.42. The highest BCUT2D eigenvalue weighted by Crippen LogP contribution is 2.23. The third kappa shape index (κ3) is 3.51. The topological polar surface area (TPSA) is 37.4 Å². The Kier molecular flexibility index (Phi) is 4.81. The lowest BCUT2D eigenvalue weighted by Crippen LogP contribution is -2.27. The highest BCUT2D eigenvalue weighted by molar-refractivity contribution is 9.10. The van der Waals surface area contributed by atoms with Crippen molar-refractivity contribution in [3.05, 3.63) is 63.9 Å². The normalized spacial score (nSPS) is 11.9. The summed E-state index contributed by atoms with van der Waals surface area (Å²) in [4.78, 5) is -0.318. The van der Waals surface area contributed by atoms with Crippen LogP contribution in [0, 0.1) is 12.7 Å². The molecule has 0 saturated heterocycles. The van der Waals surface area contributed by atoms with Gasteiger partial charge in [0, 0.05) is 18.1 Å². The fraction of sp³-hybridized carbons (Fsp3) is 0.200. The third-order valence-electron chi connectivity index (χ3n) is 3.24. The Morgan fingerprint density at radius 2 is 1.86 bits per heavy atom. The summed E-state index contributed by atoms with van der Waals surface area (Å²) in [6, 6.07) is 11.4. The Morgan fingerprint density at radius 1 is 1.19 bits per heavy atom. The second-order valence-corrected chi connectivity index (χ2v) is 7.69. The summed E-state index contributed by atoms with van der Waals surface area (Å²) in [5.41, 5.74) is 1.89. The highest BCUT2D eigenvalue weighted by Gasteiger charge is 2.24. The van der Waals surface area contributed by atoms with E-state index in [1.54, 1.807) is 0 Å². The second-order valence-electron chi connectivity index (χ2n) is 4.76. The van der Waals surface area contributed by atoms with E-state index in [1.165, 1.54) is 19.2 Å². The van der Waals surface area contributed by atoms with Crippen LogP contribution in [0.25, 0.3) is 0 Å². The number of aryl methyl sites for hydroxylation is 1. The minimum atomic E-state index is -3.86. The molecular weight excluding hydrogens is 357 g/mol. The van der Waals surface area contributed by atoms with Crippen LogP contribution in [0.4, 0.5) is 4.39 Å². The Labute approximate surface area is 132 Å². The van der Waals surface area contributed by atoms with Crippen molar-refractivity contribution in [2.24, 2.45) is 0 Å². The standard InChI is InChI=1S/C15H15BrFNO2S/c1-11-5-3-4-6-12(11)10-18(2)21(19,20)15-8-7-13(16)9-14(15)17/h3-9H,10H2,1-2H3. The average Bonchev–Trinajstić information content (AvgIpc) is 2.40. The fourth-order valence-corrected chi connectivity index (χ4v) is 3.49. The van der Waals surface area contributed by atoms with Gasteiger partial charge in [0.05, 0.1) is 0 Å². The van der Waals surface area contributed by atoms with Crippen molar-refractivity contribution < 1.29 is 12.8 Å². The number of hydrogen-bond donors (Lipinski definition) is 0. The van der Waals surface area contributed by atoms with Crippen molar-refractivity contribution in [3.8, 4) is 0 Å². The molecule has 2 rings (SSSR count). The molecule has 6 heteroatoms. The van der Waals surface area contributed by atoms with E-state index in [4.69, 9.17) is 0 Å². The average molecular weight is 372 g/mol. The number of rotatable bonds is 4. The Hall–Kier alpha value is -1.24. The van der Waals surface area contributed by atoms with Crippen LogP contribution in [-0.2, 0) is 16.6 Å². The van der Waals surface area contributed by atoms with Crippen molar-refractivity contribution >= 4 is 26.0 Å². The summed E-state index contributed by atoms with van der Waals surface area (Å²) in [5.74, 6) is -0.763. The lowest BCUT2D eigenvalue weighted by Gasteiger charge is -2.18. The van der Waals surface area contributed by atoms with Crippen LogP contribution in [-0.4, -0.2) is 19.8 Å². The predicted molar refractivity (Wildman–Crippen MR) is 83.9 cm³/mol. The lowest BCUT2D eigenvalue weighted by molar-refractivity contribution is 0.459. The van der Waals surface area contributed by atoms with Gasteiger partial charge in [-0.25, -0.2) is 12.8 Å². The van der Waals surface area contributed by atoms with Gasteiger partial charge in [-0.15, -0.1) is 0 Å². The Morgan fingerprint density at radius 3 is 2.48 bits per heavy atom. The van der Waals surface area contributed by atoms with Gasteiger partial charge >= 0.3 is 0 Å². The SMILES string of the molecule is Cc1ccccc1CN(C)S(=O)(=O)c1ccc(Br)cc1F. The zero-order valence-electron chi connectivity index (χ0n) is 11.7. The predicted octanol–water partition coefficient (Wildman–Crippen LogP) is 3.72. The van der Waals surface area contributed by atoms with Gasteiger partial charge in [-0.05, 0) is 36.2 Å². The molecule has 0 spiro atoms. The van der Waals surface area contributed by atoms with Crippen molar-refractivity contribution in [2.75, 3.05) is 7.05 Å². The number of halogens is 2. The zero-order chi connectivity index (χ0) is 15.6. The molecule has 2 aromatic carbocycles. The molecule has 0 unspecified atom stereocenters. The van der Waals surface area contributed by atoms with Gasteiger partial charge in [0.25, 0.3) is 0 Å². The molecule has 112 valence electrons. The molecule has 0 fully saturated rings. The number of hydrogen-bond acceptors (Lipinski definition) is 2. The van der Waals surface area contributed by atoms with Crippen molar-refractivity contribution in [2.45, 2.75) is 18.4 Å². The molecule has 21 heavy (non-hydrogen) atoms. The molecule has 0 N–H and O–H groups in total. The number of nitrogens with zero attached hydrogens (tertiary/aromatic N) is 1. The highest BCUT2D eigenvalue weighted by atomic mass is 79.9. The molecule has 0 heterocycles. The summed E-state index contributed by atoms with van der Waals surface area (Å²) >= 11 is 3.11. The summed E-state index contributed by atoms with van der Waals surface area (Å²) < 4.78 is 40.4. The van der Waals surface area contributed by atoms with Gasteiger partial charge in [0.2, 0.25) is 10.0 Å². The first-order valence-corrected chi connectivity index (χ1v) is 8.51. The van der Waals surface area contributed by atoms with Crippen LogP contribution >= 0.6 is 15.9 Å². The minimum absolute atomic E-state index is 0.199. The van der Waals surface area contributed by atoms with Crippen LogP contribution in [0.2, 0.25) is 0 Å². The molecule has 0 aromatic heterocycles. The summed E-state index contributed by atoms with van der Waals surface area (Å²) in [6.45, 7) is 2.11. The molecule has 0 radical (unpaired) electrons. The smallest absolute Gasteiger partial charge is 0.207 e. The van der Waals surface area contributed by atoms with Gasteiger partial charge in [0.1, 0.15) is 10.7 Å². The second kappa shape index (κ2) is 6.25. The van der Waals surface area contributed by atoms with Gasteiger partial charge in [0.15, 0.2) is 0 Å².